The quantitative estimate of drug-likeness (QED) is 0.444. The molecular weight excluding hydrogens is 300 g/mol. The minimum absolute atomic E-state index is 0.322. The van der Waals surface area contributed by atoms with Crippen molar-refractivity contribution in [3.63, 3.8) is 0 Å². The van der Waals surface area contributed by atoms with E-state index in [-0.39, 0.29) is 0 Å². The summed E-state index contributed by atoms with van der Waals surface area (Å²) in [6.07, 6.45) is 11.3. The first-order valence-corrected chi connectivity index (χ1v) is 10.2. The van der Waals surface area contributed by atoms with E-state index in [1.54, 1.807) is 7.11 Å². The van der Waals surface area contributed by atoms with E-state index < -0.39 is 0 Å². The summed E-state index contributed by atoms with van der Waals surface area (Å²) in [6, 6.07) is 0. The fraction of sp³-hybridized carbons (Fsp3) is 1.00. The third kappa shape index (κ3) is 7.41. The maximum absolute atomic E-state index is 6.08. The molecular formula is C21H42O3. The van der Waals surface area contributed by atoms with Crippen molar-refractivity contribution in [1.82, 2.24) is 0 Å². The van der Waals surface area contributed by atoms with Crippen LogP contribution in [0.4, 0.5) is 0 Å². The molecule has 1 aliphatic carbocycles. The maximum Gasteiger partial charge on any atom is 0.0600 e. The molecule has 0 aromatic rings. The first kappa shape index (κ1) is 21.9. The monoisotopic (exact) mass is 342 g/mol. The van der Waals surface area contributed by atoms with Gasteiger partial charge in [-0.1, -0.05) is 26.7 Å². The van der Waals surface area contributed by atoms with Crippen molar-refractivity contribution in [3.8, 4) is 0 Å². The van der Waals surface area contributed by atoms with Crippen LogP contribution in [-0.2, 0) is 14.2 Å². The molecule has 0 radical (unpaired) electrons. The van der Waals surface area contributed by atoms with Crippen LogP contribution in [0.2, 0.25) is 0 Å². The Hall–Kier alpha value is -0.120. The minimum Gasteiger partial charge on any atom is -0.381 e. The molecule has 0 spiro atoms. The van der Waals surface area contributed by atoms with E-state index >= 15 is 0 Å². The second kappa shape index (κ2) is 12.3. The third-order valence-electron chi connectivity index (χ3n) is 6.23. The second-order valence-electron chi connectivity index (χ2n) is 7.86. The zero-order chi connectivity index (χ0) is 17.9. The average molecular weight is 343 g/mol. The Bertz CT molecular complexity index is 301. The summed E-state index contributed by atoms with van der Waals surface area (Å²) >= 11 is 0. The molecule has 1 fully saturated rings. The summed E-state index contributed by atoms with van der Waals surface area (Å²) in [5, 5.41) is 0. The summed E-state index contributed by atoms with van der Waals surface area (Å²) in [4.78, 5) is 0. The van der Waals surface area contributed by atoms with Crippen LogP contribution < -0.4 is 0 Å². The highest BCUT2D eigenvalue weighted by Crippen LogP contribution is 2.32. The Morgan fingerprint density at radius 1 is 0.833 bits per heavy atom. The fourth-order valence-electron chi connectivity index (χ4n) is 4.13. The normalized spacial score (nSPS) is 22.2. The summed E-state index contributed by atoms with van der Waals surface area (Å²) in [5.41, 5.74) is 0. The topological polar surface area (TPSA) is 27.7 Å². The van der Waals surface area contributed by atoms with Crippen LogP contribution in [0.25, 0.3) is 0 Å². The molecule has 0 aromatic carbocycles. The van der Waals surface area contributed by atoms with Gasteiger partial charge in [0.2, 0.25) is 0 Å². The van der Waals surface area contributed by atoms with E-state index in [0.29, 0.717) is 30.1 Å². The van der Waals surface area contributed by atoms with Gasteiger partial charge in [0, 0.05) is 20.8 Å². The summed E-state index contributed by atoms with van der Waals surface area (Å²) < 4.78 is 17.3. The number of hydrogen-bond donors (Lipinski definition) is 0. The number of rotatable bonds is 13. The third-order valence-corrected chi connectivity index (χ3v) is 6.23. The molecule has 0 aliphatic heterocycles. The van der Waals surface area contributed by atoms with E-state index in [2.05, 4.69) is 27.7 Å². The van der Waals surface area contributed by atoms with Gasteiger partial charge in [0.15, 0.2) is 0 Å². The molecule has 0 aromatic heterocycles. The molecule has 0 amide bonds. The lowest BCUT2D eigenvalue weighted by Gasteiger charge is -2.29. The molecule has 144 valence electrons. The molecule has 1 saturated carbocycles. The van der Waals surface area contributed by atoms with Gasteiger partial charge < -0.3 is 14.2 Å². The summed E-state index contributed by atoms with van der Waals surface area (Å²) in [7, 11) is 3.69. The average Bonchev–Trinajstić information content (AvgIpc) is 3.12. The zero-order valence-electron chi connectivity index (χ0n) is 17.1. The van der Waals surface area contributed by atoms with Gasteiger partial charge in [0.1, 0.15) is 0 Å². The molecule has 5 atom stereocenters. The highest BCUT2D eigenvalue weighted by molar-refractivity contribution is 4.78. The van der Waals surface area contributed by atoms with Crippen molar-refractivity contribution in [1.29, 1.82) is 0 Å². The van der Waals surface area contributed by atoms with Gasteiger partial charge >= 0.3 is 0 Å². The van der Waals surface area contributed by atoms with Gasteiger partial charge in [0.25, 0.3) is 0 Å². The lowest BCUT2D eigenvalue weighted by atomic mass is 9.88. The molecule has 3 unspecified atom stereocenters. The van der Waals surface area contributed by atoms with E-state index in [0.717, 1.165) is 18.9 Å². The lowest BCUT2D eigenvalue weighted by molar-refractivity contribution is -0.00600. The summed E-state index contributed by atoms with van der Waals surface area (Å²) in [6.45, 7) is 9.71. The standard InChI is InChI=1S/C21H42O3/c1-7-24-20(14-12-16(2)18(4)22-5)17(3)13-15-21(23-6)19-10-8-9-11-19/h16-21H,7-15H2,1-6H3/t16?,17?,18-,20-,21?/m1/s1. The Morgan fingerprint density at radius 2 is 1.46 bits per heavy atom. The molecule has 3 nitrogen and oxygen atoms in total. The Labute approximate surface area is 150 Å². The highest BCUT2D eigenvalue weighted by Gasteiger charge is 2.27. The predicted molar refractivity (Wildman–Crippen MR) is 101 cm³/mol. The molecule has 0 saturated heterocycles. The SMILES string of the molecule is CCO[C@H](CCC(C)[C@@H](C)OC)C(C)CCC(OC)C1CCCC1. The zero-order valence-corrected chi connectivity index (χ0v) is 17.1. The minimum atomic E-state index is 0.322. The maximum atomic E-state index is 6.08. The first-order valence-electron chi connectivity index (χ1n) is 10.2. The Balaban J connectivity index is 2.42. The van der Waals surface area contributed by atoms with Crippen molar-refractivity contribution in [2.45, 2.75) is 97.4 Å². The largest absolute Gasteiger partial charge is 0.381 e. The highest BCUT2D eigenvalue weighted by atomic mass is 16.5. The van der Waals surface area contributed by atoms with Crippen LogP contribution in [0.3, 0.4) is 0 Å². The molecule has 3 heteroatoms. The fourth-order valence-corrected chi connectivity index (χ4v) is 4.13. The number of hydrogen-bond acceptors (Lipinski definition) is 3. The first-order chi connectivity index (χ1) is 11.5. The van der Waals surface area contributed by atoms with Crippen molar-refractivity contribution in [3.05, 3.63) is 0 Å². The predicted octanol–water partition coefficient (Wildman–Crippen LogP) is 5.46. The smallest absolute Gasteiger partial charge is 0.0600 e. The van der Waals surface area contributed by atoms with Crippen LogP contribution in [0.5, 0.6) is 0 Å². The van der Waals surface area contributed by atoms with Gasteiger partial charge in [-0.25, -0.2) is 0 Å². The summed E-state index contributed by atoms with van der Waals surface area (Å²) in [5.74, 6) is 1.96. The Morgan fingerprint density at radius 3 is 2.00 bits per heavy atom. The molecule has 1 aliphatic rings. The van der Waals surface area contributed by atoms with Gasteiger partial charge in [0.05, 0.1) is 18.3 Å². The van der Waals surface area contributed by atoms with Crippen molar-refractivity contribution >= 4 is 0 Å². The number of methoxy groups -OCH3 is 2. The molecule has 0 N–H and O–H groups in total. The van der Waals surface area contributed by atoms with Crippen LogP contribution in [0.15, 0.2) is 0 Å². The Kier molecular flexibility index (Phi) is 11.2. The molecule has 0 heterocycles. The molecule has 0 bridgehead atoms. The van der Waals surface area contributed by atoms with Gasteiger partial charge in [-0.15, -0.1) is 0 Å². The van der Waals surface area contributed by atoms with E-state index in [9.17, 15) is 0 Å². The van der Waals surface area contributed by atoms with E-state index in [1.807, 2.05) is 7.11 Å². The van der Waals surface area contributed by atoms with E-state index in [4.69, 9.17) is 14.2 Å². The second-order valence-corrected chi connectivity index (χ2v) is 7.86. The number of ether oxygens (including phenoxy) is 3. The van der Waals surface area contributed by atoms with Gasteiger partial charge in [-0.3, -0.25) is 0 Å². The van der Waals surface area contributed by atoms with Gasteiger partial charge in [-0.2, -0.15) is 0 Å². The molecule has 24 heavy (non-hydrogen) atoms. The van der Waals surface area contributed by atoms with Crippen molar-refractivity contribution in [2.75, 3.05) is 20.8 Å². The van der Waals surface area contributed by atoms with Crippen LogP contribution in [0.1, 0.15) is 79.1 Å². The van der Waals surface area contributed by atoms with Crippen LogP contribution in [0, 0.1) is 17.8 Å². The van der Waals surface area contributed by atoms with Gasteiger partial charge in [-0.05, 0) is 70.1 Å². The lowest BCUT2D eigenvalue weighted by Crippen LogP contribution is -2.27. The molecule has 1 rings (SSSR count). The van der Waals surface area contributed by atoms with E-state index in [1.165, 1.54) is 44.9 Å². The van der Waals surface area contributed by atoms with Crippen molar-refractivity contribution < 1.29 is 14.2 Å². The van der Waals surface area contributed by atoms with Crippen molar-refractivity contribution in [2.24, 2.45) is 17.8 Å². The van der Waals surface area contributed by atoms with Crippen LogP contribution in [-0.4, -0.2) is 39.1 Å². The van der Waals surface area contributed by atoms with Crippen LogP contribution >= 0.6 is 0 Å².